The molecule has 21 heavy (non-hydrogen) atoms. The van der Waals surface area contributed by atoms with Crippen molar-refractivity contribution in [1.82, 2.24) is 14.9 Å². The van der Waals surface area contributed by atoms with E-state index in [4.69, 9.17) is 4.74 Å². The molecule has 0 radical (unpaired) electrons. The average molecular weight is 294 g/mol. The highest BCUT2D eigenvalue weighted by molar-refractivity contribution is 5.35. The second-order valence-electron chi connectivity index (χ2n) is 5.43. The largest absolute Gasteiger partial charge is 0.389 e. The molecule has 118 valence electrons. The molecule has 1 atom stereocenters. The summed E-state index contributed by atoms with van der Waals surface area (Å²) in [6.07, 6.45) is 6.99. The van der Waals surface area contributed by atoms with Gasteiger partial charge < -0.3 is 14.7 Å². The van der Waals surface area contributed by atoms with E-state index in [2.05, 4.69) is 26.7 Å². The molecule has 2 heterocycles. The quantitative estimate of drug-likeness (QED) is 0.715. The standard InChI is InChI=1S/C15H26N4O2/c1-2-3-10-21-13-14(20)12-18-6-8-19(9-7-18)15-11-16-4-5-17-15/h4-5,11,14,20H,2-3,6-10,12-13H2,1H3. The third-order valence-corrected chi connectivity index (χ3v) is 3.67. The van der Waals surface area contributed by atoms with Crippen LogP contribution in [0, 0.1) is 0 Å². The molecule has 1 saturated heterocycles. The van der Waals surface area contributed by atoms with E-state index in [1.54, 1.807) is 18.6 Å². The van der Waals surface area contributed by atoms with Crippen molar-refractivity contribution < 1.29 is 9.84 Å². The molecule has 0 spiro atoms. The number of aliphatic hydroxyl groups is 1. The SMILES string of the molecule is CCCCOCC(O)CN1CCN(c2cnccn2)CC1. The van der Waals surface area contributed by atoms with Crippen molar-refractivity contribution in [1.29, 1.82) is 0 Å². The summed E-state index contributed by atoms with van der Waals surface area (Å²) in [5.74, 6) is 0.931. The zero-order valence-corrected chi connectivity index (χ0v) is 12.8. The highest BCUT2D eigenvalue weighted by atomic mass is 16.5. The van der Waals surface area contributed by atoms with Crippen LogP contribution in [0.15, 0.2) is 18.6 Å². The third-order valence-electron chi connectivity index (χ3n) is 3.67. The van der Waals surface area contributed by atoms with Crippen LogP contribution in [-0.4, -0.2) is 72.0 Å². The van der Waals surface area contributed by atoms with Gasteiger partial charge in [-0.2, -0.15) is 0 Å². The van der Waals surface area contributed by atoms with Gasteiger partial charge in [0.25, 0.3) is 0 Å². The fourth-order valence-corrected chi connectivity index (χ4v) is 2.43. The minimum Gasteiger partial charge on any atom is -0.389 e. The lowest BCUT2D eigenvalue weighted by Crippen LogP contribution is -2.49. The van der Waals surface area contributed by atoms with Crippen molar-refractivity contribution in [3.63, 3.8) is 0 Å². The Labute approximate surface area is 126 Å². The van der Waals surface area contributed by atoms with E-state index in [-0.39, 0.29) is 0 Å². The van der Waals surface area contributed by atoms with E-state index >= 15 is 0 Å². The van der Waals surface area contributed by atoms with Gasteiger partial charge in [0.05, 0.1) is 18.9 Å². The van der Waals surface area contributed by atoms with Gasteiger partial charge in [-0.25, -0.2) is 4.98 Å². The van der Waals surface area contributed by atoms with Gasteiger partial charge in [-0.1, -0.05) is 13.3 Å². The van der Waals surface area contributed by atoms with E-state index in [1.165, 1.54) is 0 Å². The van der Waals surface area contributed by atoms with Crippen LogP contribution >= 0.6 is 0 Å². The molecule has 1 aromatic rings. The van der Waals surface area contributed by atoms with Crippen molar-refractivity contribution in [3.8, 4) is 0 Å². The molecule has 0 amide bonds. The summed E-state index contributed by atoms with van der Waals surface area (Å²) >= 11 is 0. The summed E-state index contributed by atoms with van der Waals surface area (Å²) in [4.78, 5) is 12.9. The first kappa shape index (κ1) is 16.1. The van der Waals surface area contributed by atoms with Crippen molar-refractivity contribution >= 4 is 5.82 Å². The molecule has 6 heteroatoms. The molecular formula is C15H26N4O2. The van der Waals surface area contributed by atoms with Gasteiger partial charge in [0.1, 0.15) is 5.82 Å². The predicted molar refractivity (Wildman–Crippen MR) is 82.4 cm³/mol. The minimum absolute atomic E-state index is 0.398. The van der Waals surface area contributed by atoms with Crippen LogP contribution in [0.4, 0.5) is 5.82 Å². The molecule has 1 aromatic heterocycles. The van der Waals surface area contributed by atoms with Gasteiger partial charge in [-0.3, -0.25) is 9.88 Å². The Balaban J connectivity index is 1.65. The van der Waals surface area contributed by atoms with E-state index in [9.17, 15) is 5.11 Å². The number of piperazine rings is 1. The fourth-order valence-electron chi connectivity index (χ4n) is 2.43. The maximum Gasteiger partial charge on any atom is 0.147 e. The first-order valence-corrected chi connectivity index (χ1v) is 7.78. The lowest BCUT2D eigenvalue weighted by atomic mass is 10.2. The topological polar surface area (TPSA) is 61.7 Å². The summed E-state index contributed by atoms with van der Waals surface area (Å²) in [5.41, 5.74) is 0. The summed E-state index contributed by atoms with van der Waals surface area (Å²) in [5, 5.41) is 9.98. The first-order valence-electron chi connectivity index (χ1n) is 7.78. The molecular weight excluding hydrogens is 268 g/mol. The van der Waals surface area contributed by atoms with Crippen LogP contribution in [0.1, 0.15) is 19.8 Å². The molecule has 1 N–H and O–H groups in total. The van der Waals surface area contributed by atoms with Gasteiger partial charge in [-0.05, 0) is 6.42 Å². The van der Waals surface area contributed by atoms with Crippen molar-refractivity contribution in [2.24, 2.45) is 0 Å². The maximum absolute atomic E-state index is 9.98. The number of β-amino-alcohol motifs (C(OH)–C–C–N with tert-alkyl or cyclic N) is 1. The average Bonchev–Trinajstić information content (AvgIpc) is 2.53. The number of ether oxygens (including phenoxy) is 1. The molecule has 1 aliphatic heterocycles. The van der Waals surface area contributed by atoms with Crippen LogP contribution in [0.5, 0.6) is 0 Å². The monoisotopic (exact) mass is 294 g/mol. The number of aromatic nitrogens is 2. The summed E-state index contributed by atoms with van der Waals surface area (Å²) in [6.45, 7) is 7.70. The number of unbranched alkanes of at least 4 members (excludes halogenated alkanes) is 1. The molecule has 1 aliphatic rings. The van der Waals surface area contributed by atoms with E-state index in [1.807, 2.05) is 0 Å². The lowest BCUT2D eigenvalue weighted by Gasteiger charge is -2.36. The summed E-state index contributed by atoms with van der Waals surface area (Å²) in [7, 11) is 0. The highest BCUT2D eigenvalue weighted by Gasteiger charge is 2.20. The van der Waals surface area contributed by atoms with E-state index in [0.29, 0.717) is 13.2 Å². The fraction of sp³-hybridized carbons (Fsp3) is 0.733. The molecule has 0 saturated carbocycles. The van der Waals surface area contributed by atoms with Crippen molar-refractivity contribution in [3.05, 3.63) is 18.6 Å². The molecule has 2 rings (SSSR count). The van der Waals surface area contributed by atoms with Gasteiger partial charge in [-0.15, -0.1) is 0 Å². The Kier molecular flexibility index (Phi) is 6.85. The minimum atomic E-state index is -0.398. The first-order chi connectivity index (χ1) is 10.3. The van der Waals surface area contributed by atoms with Gasteiger partial charge >= 0.3 is 0 Å². The lowest BCUT2D eigenvalue weighted by molar-refractivity contribution is 0.0150. The van der Waals surface area contributed by atoms with E-state index in [0.717, 1.165) is 51.4 Å². The van der Waals surface area contributed by atoms with Crippen LogP contribution in [0.3, 0.4) is 0 Å². The zero-order valence-electron chi connectivity index (χ0n) is 12.8. The highest BCUT2D eigenvalue weighted by Crippen LogP contribution is 2.11. The van der Waals surface area contributed by atoms with E-state index < -0.39 is 6.10 Å². The smallest absolute Gasteiger partial charge is 0.147 e. The maximum atomic E-state index is 9.98. The van der Waals surface area contributed by atoms with Crippen LogP contribution in [0.25, 0.3) is 0 Å². The van der Waals surface area contributed by atoms with Gasteiger partial charge in [0.15, 0.2) is 0 Å². The molecule has 0 aliphatic carbocycles. The molecule has 0 aromatic carbocycles. The zero-order chi connectivity index (χ0) is 14.9. The Hall–Kier alpha value is -1.24. The second kappa shape index (κ2) is 8.92. The second-order valence-corrected chi connectivity index (χ2v) is 5.43. The normalized spacial score (nSPS) is 17.9. The number of aliphatic hydroxyl groups excluding tert-OH is 1. The van der Waals surface area contributed by atoms with Crippen LogP contribution < -0.4 is 4.90 Å². The van der Waals surface area contributed by atoms with Crippen LogP contribution in [0.2, 0.25) is 0 Å². The summed E-state index contributed by atoms with van der Waals surface area (Å²) in [6, 6.07) is 0. The number of hydrogen-bond acceptors (Lipinski definition) is 6. The number of rotatable bonds is 8. The molecule has 1 unspecified atom stereocenters. The summed E-state index contributed by atoms with van der Waals surface area (Å²) < 4.78 is 5.46. The third kappa shape index (κ3) is 5.57. The van der Waals surface area contributed by atoms with Crippen molar-refractivity contribution in [2.75, 3.05) is 50.8 Å². The van der Waals surface area contributed by atoms with Crippen molar-refractivity contribution in [2.45, 2.75) is 25.9 Å². The molecule has 1 fully saturated rings. The van der Waals surface area contributed by atoms with Gasteiger partial charge in [0, 0.05) is 51.7 Å². The Morgan fingerprint density at radius 1 is 1.29 bits per heavy atom. The van der Waals surface area contributed by atoms with Crippen LogP contribution in [-0.2, 0) is 4.74 Å². The number of hydrogen-bond donors (Lipinski definition) is 1. The molecule has 6 nitrogen and oxygen atoms in total. The Morgan fingerprint density at radius 3 is 2.76 bits per heavy atom. The number of nitrogens with zero attached hydrogens (tertiary/aromatic N) is 4. The molecule has 0 bridgehead atoms. The predicted octanol–water partition coefficient (Wildman–Crippen LogP) is 0.776. The van der Waals surface area contributed by atoms with Gasteiger partial charge in [0.2, 0.25) is 0 Å². The Morgan fingerprint density at radius 2 is 2.10 bits per heavy atom. The Bertz CT molecular complexity index is 383. The number of anilines is 1.